The van der Waals surface area contributed by atoms with Crippen LogP contribution in [0.2, 0.25) is 0 Å². The van der Waals surface area contributed by atoms with E-state index >= 15 is 0 Å². The highest BCUT2D eigenvalue weighted by molar-refractivity contribution is 5.48. The Morgan fingerprint density at radius 1 is 1.18 bits per heavy atom. The molecular weight excluding hydrogens is 208 g/mol. The molecule has 90 valence electrons. The highest BCUT2D eigenvalue weighted by Crippen LogP contribution is 2.31. The largest absolute Gasteiger partial charge is 0.382 e. The molecule has 1 N–H and O–H groups in total. The van der Waals surface area contributed by atoms with Crippen molar-refractivity contribution in [3.05, 3.63) is 29.8 Å². The average molecular weight is 228 g/mol. The third kappa shape index (κ3) is 2.79. The summed E-state index contributed by atoms with van der Waals surface area (Å²) in [7, 11) is 0. The van der Waals surface area contributed by atoms with Gasteiger partial charge in [0.05, 0.1) is 11.6 Å². The molecule has 3 unspecified atom stereocenters. The lowest BCUT2D eigenvalue weighted by Crippen LogP contribution is -2.34. The van der Waals surface area contributed by atoms with Gasteiger partial charge in [-0.3, -0.25) is 0 Å². The van der Waals surface area contributed by atoms with Gasteiger partial charge in [0.1, 0.15) is 0 Å². The molecule has 2 heteroatoms. The fourth-order valence-electron chi connectivity index (χ4n) is 2.64. The Hall–Kier alpha value is -1.49. The predicted octanol–water partition coefficient (Wildman–Crippen LogP) is 3.79. The number of nitrogens with zero attached hydrogens (tertiary/aromatic N) is 1. The van der Waals surface area contributed by atoms with Gasteiger partial charge in [0.15, 0.2) is 0 Å². The van der Waals surface area contributed by atoms with Crippen molar-refractivity contribution in [2.75, 3.05) is 5.32 Å². The lowest BCUT2D eigenvalue weighted by molar-refractivity contribution is 0.253. The number of nitriles is 1. The first-order valence-corrected chi connectivity index (χ1v) is 6.47. The molecule has 1 saturated carbocycles. The Morgan fingerprint density at radius 2 is 1.88 bits per heavy atom. The van der Waals surface area contributed by atoms with Crippen molar-refractivity contribution >= 4 is 5.69 Å². The average Bonchev–Trinajstić information content (AvgIpc) is 2.36. The highest BCUT2D eigenvalue weighted by Gasteiger charge is 2.26. The van der Waals surface area contributed by atoms with Crippen molar-refractivity contribution in [3.8, 4) is 6.07 Å². The maximum atomic E-state index is 8.76. The first kappa shape index (κ1) is 12.0. The molecule has 0 heterocycles. The molecule has 3 atom stereocenters. The van der Waals surface area contributed by atoms with E-state index in [0.717, 1.165) is 23.1 Å². The van der Waals surface area contributed by atoms with Crippen LogP contribution in [0.15, 0.2) is 24.3 Å². The van der Waals surface area contributed by atoms with Gasteiger partial charge in [-0.25, -0.2) is 0 Å². The first-order chi connectivity index (χ1) is 8.20. The van der Waals surface area contributed by atoms with Gasteiger partial charge >= 0.3 is 0 Å². The van der Waals surface area contributed by atoms with Gasteiger partial charge in [0.25, 0.3) is 0 Å². The summed E-state index contributed by atoms with van der Waals surface area (Å²) < 4.78 is 0. The summed E-state index contributed by atoms with van der Waals surface area (Å²) in [4.78, 5) is 0. The van der Waals surface area contributed by atoms with E-state index < -0.39 is 0 Å². The van der Waals surface area contributed by atoms with E-state index in [-0.39, 0.29) is 0 Å². The fraction of sp³-hybridized carbons (Fsp3) is 0.533. The minimum atomic E-state index is 0.576. The van der Waals surface area contributed by atoms with Crippen molar-refractivity contribution in [1.82, 2.24) is 0 Å². The van der Waals surface area contributed by atoms with E-state index in [0.29, 0.717) is 6.04 Å². The highest BCUT2D eigenvalue weighted by atomic mass is 14.9. The molecule has 1 aliphatic rings. The zero-order valence-electron chi connectivity index (χ0n) is 10.6. The van der Waals surface area contributed by atoms with E-state index in [2.05, 4.69) is 25.2 Å². The van der Waals surface area contributed by atoms with Crippen LogP contribution in [0.3, 0.4) is 0 Å². The second-order valence-corrected chi connectivity index (χ2v) is 5.21. The van der Waals surface area contributed by atoms with Crippen LogP contribution < -0.4 is 5.32 Å². The Labute approximate surface area is 104 Å². The quantitative estimate of drug-likeness (QED) is 0.835. The summed E-state index contributed by atoms with van der Waals surface area (Å²) in [5.41, 5.74) is 1.86. The van der Waals surface area contributed by atoms with Gasteiger partial charge in [-0.15, -0.1) is 0 Å². The molecule has 0 aromatic heterocycles. The molecule has 0 aliphatic heterocycles. The number of hydrogen-bond acceptors (Lipinski definition) is 2. The van der Waals surface area contributed by atoms with E-state index in [1.807, 2.05) is 24.3 Å². The summed E-state index contributed by atoms with van der Waals surface area (Å²) >= 11 is 0. The van der Waals surface area contributed by atoms with Crippen LogP contribution in [0.25, 0.3) is 0 Å². The second kappa shape index (κ2) is 5.23. The monoisotopic (exact) mass is 228 g/mol. The zero-order chi connectivity index (χ0) is 12.3. The SMILES string of the molecule is CC1CCCC(Nc2ccc(C#N)cc2)C1C. The number of benzene rings is 1. The van der Waals surface area contributed by atoms with Crippen LogP contribution >= 0.6 is 0 Å². The van der Waals surface area contributed by atoms with Crippen LogP contribution in [0.1, 0.15) is 38.7 Å². The molecule has 17 heavy (non-hydrogen) atoms. The molecule has 0 amide bonds. The van der Waals surface area contributed by atoms with Gasteiger partial charge in [0.2, 0.25) is 0 Å². The molecular formula is C15H20N2. The van der Waals surface area contributed by atoms with E-state index in [4.69, 9.17) is 5.26 Å². The van der Waals surface area contributed by atoms with Crippen molar-refractivity contribution in [1.29, 1.82) is 5.26 Å². The lowest BCUT2D eigenvalue weighted by Gasteiger charge is -2.35. The minimum Gasteiger partial charge on any atom is -0.382 e. The molecule has 1 fully saturated rings. The summed E-state index contributed by atoms with van der Waals surface area (Å²) in [6.45, 7) is 4.68. The van der Waals surface area contributed by atoms with Gasteiger partial charge in [-0.1, -0.05) is 26.7 Å². The number of hydrogen-bond donors (Lipinski definition) is 1. The van der Waals surface area contributed by atoms with Crippen LogP contribution in [0.4, 0.5) is 5.69 Å². The van der Waals surface area contributed by atoms with E-state index in [1.54, 1.807) is 0 Å². The Morgan fingerprint density at radius 3 is 2.53 bits per heavy atom. The third-order valence-corrected chi connectivity index (χ3v) is 4.07. The molecule has 0 radical (unpaired) electrons. The van der Waals surface area contributed by atoms with E-state index in [9.17, 15) is 0 Å². The van der Waals surface area contributed by atoms with Crippen LogP contribution in [0, 0.1) is 23.2 Å². The number of anilines is 1. The maximum Gasteiger partial charge on any atom is 0.0991 e. The summed E-state index contributed by atoms with van der Waals surface area (Å²) in [5, 5.41) is 12.4. The van der Waals surface area contributed by atoms with Gasteiger partial charge in [-0.2, -0.15) is 5.26 Å². The Bertz CT molecular complexity index is 402. The van der Waals surface area contributed by atoms with Crippen molar-refractivity contribution < 1.29 is 0 Å². The first-order valence-electron chi connectivity index (χ1n) is 6.47. The van der Waals surface area contributed by atoms with Crippen LogP contribution in [0.5, 0.6) is 0 Å². The molecule has 1 aliphatic carbocycles. The smallest absolute Gasteiger partial charge is 0.0991 e. The van der Waals surface area contributed by atoms with Crippen molar-refractivity contribution in [3.63, 3.8) is 0 Å². The topological polar surface area (TPSA) is 35.8 Å². The lowest BCUT2D eigenvalue weighted by atomic mass is 9.78. The summed E-state index contributed by atoms with van der Waals surface area (Å²) in [5.74, 6) is 1.53. The molecule has 1 aromatic rings. The summed E-state index contributed by atoms with van der Waals surface area (Å²) in [6, 6.07) is 10.5. The normalized spacial score (nSPS) is 28.4. The fourth-order valence-corrected chi connectivity index (χ4v) is 2.64. The van der Waals surface area contributed by atoms with Crippen LogP contribution in [-0.4, -0.2) is 6.04 Å². The van der Waals surface area contributed by atoms with Crippen LogP contribution in [-0.2, 0) is 0 Å². The predicted molar refractivity (Wildman–Crippen MR) is 70.7 cm³/mol. The standard InChI is InChI=1S/C15H20N2/c1-11-4-3-5-15(12(11)2)17-14-8-6-13(10-16)7-9-14/h6-9,11-12,15,17H,3-5H2,1-2H3. The molecule has 0 bridgehead atoms. The van der Waals surface area contributed by atoms with Gasteiger partial charge < -0.3 is 5.32 Å². The summed E-state index contributed by atoms with van der Waals surface area (Å²) in [6.07, 6.45) is 3.93. The van der Waals surface area contributed by atoms with Gasteiger partial charge in [0, 0.05) is 11.7 Å². The second-order valence-electron chi connectivity index (χ2n) is 5.21. The molecule has 2 rings (SSSR count). The van der Waals surface area contributed by atoms with E-state index in [1.165, 1.54) is 19.3 Å². The Kier molecular flexibility index (Phi) is 3.68. The molecule has 0 spiro atoms. The minimum absolute atomic E-state index is 0.576. The zero-order valence-corrected chi connectivity index (χ0v) is 10.6. The third-order valence-electron chi connectivity index (χ3n) is 4.07. The molecule has 1 aromatic carbocycles. The molecule has 2 nitrogen and oxygen atoms in total. The van der Waals surface area contributed by atoms with Crippen molar-refractivity contribution in [2.24, 2.45) is 11.8 Å². The van der Waals surface area contributed by atoms with Crippen molar-refractivity contribution in [2.45, 2.75) is 39.2 Å². The molecule has 0 saturated heterocycles. The Balaban J connectivity index is 2.02. The maximum absolute atomic E-state index is 8.76. The van der Waals surface area contributed by atoms with Gasteiger partial charge in [-0.05, 0) is 42.5 Å². The number of rotatable bonds is 2. The number of nitrogens with one attached hydrogen (secondary N) is 1.